The number of nitrogens with one attached hydrogen (secondary N) is 2. The van der Waals surface area contributed by atoms with Gasteiger partial charge in [-0.15, -0.1) is 0 Å². The van der Waals surface area contributed by atoms with Crippen molar-refractivity contribution < 1.29 is 19.4 Å². The van der Waals surface area contributed by atoms with Gasteiger partial charge < -0.3 is 25.6 Å². The molecule has 1 unspecified atom stereocenters. The Balaban J connectivity index is 1.20. The second kappa shape index (κ2) is 12.2. The fourth-order valence-corrected chi connectivity index (χ4v) is 5.07. The van der Waals surface area contributed by atoms with Crippen LogP contribution in [0.3, 0.4) is 0 Å². The van der Waals surface area contributed by atoms with E-state index in [0.29, 0.717) is 29.9 Å². The maximum Gasteiger partial charge on any atom is 0.319 e. The molecule has 1 aromatic carbocycles. The number of aliphatic hydroxyl groups excluding tert-OH is 1. The number of nitrogens with zero attached hydrogens (tertiary/aromatic N) is 4. The molecule has 1 aliphatic carbocycles. The van der Waals surface area contributed by atoms with E-state index in [1.54, 1.807) is 7.11 Å². The number of ether oxygens (including phenoxy) is 2. The van der Waals surface area contributed by atoms with Crippen LogP contribution in [0, 0.1) is 5.92 Å². The van der Waals surface area contributed by atoms with Crippen LogP contribution >= 0.6 is 0 Å². The van der Waals surface area contributed by atoms with Gasteiger partial charge in [0, 0.05) is 37.7 Å². The number of carbonyl (C=O) groups excluding carboxylic acids is 1. The first kappa shape index (κ1) is 27.1. The number of likely N-dealkylation sites (tertiary alicyclic amines) is 1. The number of aromatic amines is 1. The standard InChI is InChI=1S/C28H39N7O4/c1-3-4-13-39-28-31-23-21(33-34-24(23)26(29)32-28)15-19-6-5-17(14-22(19)38-2)16-35-11-9-20(10-12-35)30-27(37)25(36)18-7-8-18/h5-6,14,18,20,25,36H,3-4,7-13,15-16H2,1-2H3,(H,30,37)(H,33,34)(H2,29,31,32). The first-order valence-corrected chi connectivity index (χ1v) is 13.9. The molecule has 1 saturated heterocycles. The topological polar surface area (TPSA) is 152 Å². The number of fused-ring (bicyclic) bond motifs is 1. The van der Waals surface area contributed by atoms with E-state index in [0.717, 1.165) is 80.7 Å². The van der Waals surface area contributed by atoms with Crippen molar-refractivity contribution in [2.24, 2.45) is 5.92 Å². The summed E-state index contributed by atoms with van der Waals surface area (Å²) in [6.07, 6.45) is 5.29. The summed E-state index contributed by atoms with van der Waals surface area (Å²) in [5, 5.41) is 20.5. The van der Waals surface area contributed by atoms with Crippen molar-refractivity contribution in [3.05, 3.63) is 35.0 Å². The third-order valence-corrected chi connectivity index (χ3v) is 7.60. The number of aliphatic hydroxyl groups is 1. The zero-order valence-corrected chi connectivity index (χ0v) is 22.8. The number of rotatable bonds is 12. The fourth-order valence-electron chi connectivity index (χ4n) is 5.07. The van der Waals surface area contributed by atoms with Gasteiger partial charge in [-0.1, -0.05) is 25.5 Å². The molecule has 3 aromatic rings. The summed E-state index contributed by atoms with van der Waals surface area (Å²) in [5.74, 6) is 1.03. The molecular formula is C28H39N7O4. The third kappa shape index (κ3) is 6.59. The number of aromatic nitrogens is 4. The van der Waals surface area contributed by atoms with Gasteiger partial charge in [-0.25, -0.2) is 0 Å². The Morgan fingerprint density at radius 1 is 1.23 bits per heavy atom. The number of unbranched alkanes of at least 4 members (excludes halogenated alkanes) is 1. The average molecular weight is 538 g/mol. The summed E-state index contributed by atoms with van der Waals surface area (Å²) < 4.78 is 11.4. The lowest BCUT2D eigenvalue weighted by Crippen LogP contribution is -2.47. The van der Waals surface area contributed by atoms with Gasteiger partial charge in [0.25, 0.3) is 0 Å². The molecule has 0 bridgehead atoms. The summed E-state index contributed by atoms with van der Waals surface area (Å²) >= 11 is 0. The minimum atomic E-state index is -0.847. The smallest absolute Gasteiger partial charge is 0.319 e. The Hall–Kier alpha value is -3.44. The molecule has 1 atom stereocenters. The van der Waals surface area contributed by atoms with Crippen molar-refractivity contribution in [1.29, 1.82) is 0 Å². The van der Waals surface area contributed by atoms with Gasteiger partial charge >= 0.3 is 6.01 Å². The number of carbonyl (C=O) groups is 1. The van der Waals surface area contributed by atoms with Crippen molar-refractivity contribution >= 4 is 22.8 Å². The SMILES string of the molecule is CCCCOc1nc(N)c2n[nH]c(Cc3ccc(CN4CCC(NC(=O)C(O)C5CC5)CC4)cc3OC)c2n1. The maximum atomic E-state index is 12.2. The summed E-state index contributed by atoms with van der Waals surface area (Å²) in [5.41, 5.74) is 10.3. The molecule has 2 fully saturated rings. The van der Waals surface area contributed by atoms with E-state index in [4.69, 9.17) is 15.2 Å². The van der Waals surface area contributed by atoms with Crippen molar-refractivity contribution in [1.82, 2.24) is 30.4 Å². The largest absolute Gasteiger partial charge is 0.496 e. The number of hydrogen-bond donors (Lipinski definition) is 4. The third-order valence-electron chi connectivity index (χ3n) is 7.60. The van der Waals surface area contributed by atoms with Gasteiger partial charge in [-0.05, 0) is 49.7 Å². The predicted molar refractivity (Wildman–Crippen MR) is 147 cm³/mol. The maximum absolute atomic E-state index is 12.2. The molecule has 210 valence electrons. The van der Waals surface area contributed by atoms with Gasteiger partial charge in [0.05, 0.1) is 19.4 Å². The summed E-state index contributed by atoms with van der Waals surface area (Å²) in [7, 11) is 1.68. The lowest BCUT2D eigenvalue weighted by molar-refractivity contribution is -0.131. The van der Waals surface area contributed by atoms with Crippen molar-refractivity contribution in [3.63, 3.8) is 0 Å². The zero-order chi connectivity index (χ0) is 27.4. The van der Waals surface area contributed by atoms with Crippen LogP contribution in [-0.2, 0) is 17.8 Å². The van der Waals surface area contributed by atoms with E-state index in [1.807, 2.05) is 0 Å². The van der Waals surface area contributed by atoms with Crippen LogP contribution in [0.5, 0.6) is 11.8 Å². The summed E-state index contributed by atoms with van der Waals surface area (Å²) in [6.45, 7) is 5.22. The molecule has 5 rings (SSSR count). The summed E-state index contributed by atoms with van der Waals surface area (Å²) in [4.78, 5) is 23.4. The second-order valence-electron chi connectivity index (χ2n) is 10.7. The first-order valence-electron chi connectivity index (χ1n) is 13.9. The highest BCUT2D eigenvalue weighted by molar-refractivity contribution is 5.86. The highest BCUT2D eigenvalue weighted by Gasteiger charge is 2.35. The Morgan fingerprint density at radius 2 is 2.03 bits per heavy atom. The fraction of sp³-hybridized carbons (Fsp3) is 0.571. The van der Waals surface area contributed by atoms with E-state index in [2.05, 4.69) is 55.5 Å². The Morgan fingerprint density at radius 3 is 2.74 bits per heavy atom. The minimum Gasteiger partial charge on any atom is -0.496 e. The van der Waals surface area contributed by atoms with Crippen molar-refractivity contribution in [2.75, 3.05) is 32.5 Å². The molecule has 1 aliphatic heterocycles. The van der Waals surface area contributed by atoms with Gasteiger partial charge in [-0.3, -0.25) is 14.8 Å². The van der Waals surface area contributed by atoms with E-state index in [-0.39, 0.29) is 23.9 Å². The molecule has 2 aliphatic rings. The Kier molecular flexibility index (Phi) is 8.47. The van der Waals surface area contributed by atoms with Crippen LogP contribution in [0.4, 0.5) is 5.82 Å². The molecule has 0 radical (unpaired) electrons. The quantitative estimate of drug-likeness (QED) is 0.255. The second-order valence-corrected chi connectivity index (χ2v) is 10.7. The lowest BCUT2D eigenvalue weighted by atomic mass is 10.0. The van der Waals surface area contributed by atoms with Crippen LogP contribution < -0.4 is 20.5 Å². The number of hydrogen-bond acceptors (Lipinski definition) is 9. The van der Waals surface area contributed by atoms with Gasteiger partial charge in [0.15, 0.2) is 11.3 Å². The van der Waals surface area contributed by atoms with Crippen LogP contribution in [0.15, 0.2) is 18.2 Å². The van der Waals surface area contributed by atoms with Gasteiger partial charge in [0.1, 0.15) is 17.4 Å². The predicted octanol–water partition coefficient (Wildman–Crippen LogP) is 2.56. The number of piperidine rings is 1. The Bertz CT molecular complexity index is 1280. The van der Waals surface area contributed by atoms with E-state index in [1.165, 1.54) is 0 Å². The molecule has 39 heavy (non-hydrogen) atoms. The van der Waals surface area contributed by atoms with E-state index in [9.17, 15) is 9.90 Å². The number of anilines is 1. The number of amides is 1. The zero-order valence-electron chi connectivity index (χ0n) is 22.8. The number of benzene rings is 1. The molecule has 11 nitrogen and oxygen atoms in total. The van der Waals surface area contributed by atoms with E-state index < -0.39 is 6.10 Å². The first-order chi connectivity index (χ1) is 18.9. The normalized spacial score (nSPS) is 17.3. The number of nitrogen functional groups attached to an aromatic ring is 1. The molecule has 1 amide bonds. The van der Waals surface area contributed by atoms with Crippen LogP contribution in [0.1, 0.15) is 62.3 Å². The highest BCUT2D eigenvalue weighted by Crippen LogP contribution is 2.33. The molecule has 0 spiro atoms. The molecular weight excluding hydrogens is 498 g/mol. The molecule has 1 saturated carbocycles. The average Bonchev–Trinajstić information content (AvgIpc) is 3.71. The Labute approximate surface area is 228 Å². The molecule has 11 heteroatoms. The van der Waals surface area contributed by atoms with Crippen molar-refractivity contribution in [2.45, 2.75) is 70.6 Å². The van der Waals surface area contributed by atoms with Gasteiger partial charge in [0.2, 0.25) is 5.91 Å². The van der Waals surface area contributed by atoms with E-state index >= 15 is 0 Å². The minimum absolute atomic E-state index is 0.124. The number of nitrogens with two attached hydrogens (primary N) is 1. The lowest BCUT2D eigenvalue weighted by Gasteiger charge is -2.32. The highest BCUT2D eigenvalue weighted by atomic mass is 16.5. The molecule has 3 heterocycles. The molecule has 2 aromatic heterocycles. The van der Waals surface area contributed by atoms with Crippen LogP contribution in [0.2, 0.25) is 0 Å². The summed E-state index contributed by atoms with van der Waals surface area (Å²) in [6, 6.07) is 6.67. The monoisotopic (exact) mass is 537 g/mol. The van der Waals surface area contributed by atoms with Crippen LogP contribution in [-0.4, -0.2) is 75.0 Å². The van der Waals surface area contributed by atoms with Crippen LogP contribution in [0.25, 0.3) is 11.0 Å². The van der Waals surface area contributed by atoms with Gasteiger partial charge in [-0.2, -0.15) is 15.1 Å². The number of methoxy groups -OCH3 is 1. The van der Waals surface area contributed by atoms with Crippen molar-refractivity contribution in [3.8, 4) is 11.8 Å². The molecule has 5 N–H and O–H groups in total. The number of H-pyrrole nitrogens is 1.